The molecule has 3 aromatic rings. The molecule has 1 fully saturated rings. The summed E-state index contributed by atoms with van der Waals surface area (Å²) < 4.78 is 20.1. The number of hydrogen-bond donors (Lipinski definition) is 0. The molecule has 0 bridgehead atoms. The number of fused-ring (bicyclic) bond motifs is 1. The van der Waals surface area contributed by atoms with Gasteiger partial charge in [-0.2, -0.15) is 5.10 Å². The molecular weight excluding hydrogens is 377 g/mol. The number of carbonyl (C=O) groups excluding carboxylic acids is 1. The number of nitrogens with zero attached hydrogens (tertiary/aromatic N) is 5. The van der Waals surface area contributed by atoms with Crippen molar-refractivity contribution in [1.82, 2.24) is 19.7 Å². The summed E-state index contributed by atoms with van der Waals surface area (Å²) in [5.74, 6) is -0.173. The summed E-state index contributed by atoms with van der Waals surface area (Å²) in [4.78, 5) is 33.1. The number of halogens is 1. The Kier molecular flexibility index (Phi) is 4.87. The number of aromatic nitrogens is 3. The first-order chi connectivity index (χ1) is 14.0. The third kappa shape index (κ3) is 3.51. The van der Waals surface area contributed by atoms with Crippen molar-refractivity contribution >= 4 is 22.5 Å². The summed E-state index contributed by atoms with van der Waals surface area (Å²) in [5.41, 5.74) is 0.792. The van der Waals surface area contributed by atoms with E-state index in [1.807, 2.05) is 4.90 Å². The summed E-state index contributed by atoms with van der Waals surface area (Å²) in [6, 6.07) is 7.91. The van der Waals surface area contributed by atoms with Gasteiger partial charge in [0.15, 0.2) is 5.69 Å². The van der Waals surface area contributed by atoms with Crippen LogP contribution in [0.1, 0.15) is 10.5 Å². The fourth-order valence-corrected chi connectivity index (χ4v) is 3.49. The Bertz CT molecular complexity index is 1140. The summed E-state index contributed by atoms with van der Waals surface area (Å²) in [6.45, 7) is 1.98. The van der Waals surface area contributed by atoms with E-state index in [1.54, 1.807) is 23.1 Å². The number of ether oxygens (including phenoxy) is 1. The SMILES string of the molecule is COc1cc(F)cc(N2CCN(C(=O)c3nn(C)c(=O)c4ncccc34)CC2)c1. The summed E-state index contributed by atoms with van der Waals surface area (Å²) in [6.07, 6.45) is 1.52. The zero-order valence-electron chi connectivity index (χ0n) is 16.1. The Labute approximate surface area is 166 Å². The maximum atomic E-state index is 13.8. The van der Waals surface area contributed by atoms with Crippen LogP contribution in [0.25, 0.3) is 10.9 Å². The van der Waals surface area contributed by atoms with Crippen molar-refractivity contribution in [2.24, 2.45) is 7.05 Å². The Balaban J connectivity index is 1.56. The Morgan fingerprint density at radius 2 is 1.93 bits per heavy atom. The lowest BCUT2D eigenvalue weighted by atomic mass is 10.1. The molecule has 0 N–H and O–H groups in total. The highest BCUT2D eigenvalue weighted by Gasteiger charge is 2.26. The van der Waals surface area contributed by atoms with Crippen LogP contribution in [-0.4, -0.2) is 58.9 Å². The van der Waals surface area contributed by atoms with Gasteiger partial charge in [0.2, 0.25) is 0 Å². The molecule has 0 unspecified atom stereocenters. The van der Waals surface area contributed by atoms with Crippen molar-refractivity contribution in [3.8, 4) is 5.75 Å². The lowest BCUT2D eigenvalue weighted by Crippen LogP contribution is -2.49. The van der Waals surface area contributed by atoms with E-state index in [0.29, 0.717) is 43.0 Å². The van der Waals surface area contributed by atoms with Crippen molar-refractivity contribution in [3.05, 3.63) is 58.4 Å². The number of piperazine rings is 1. The highest BCUT2D eigenvalue weighted by atomic mass is 19.1. The minimum absolute atomic E-state index is 0.205. The Morgan fingerprint density at radius 3 is 2.66 bits per heavy atom. The van der Waals surface area contributed by atoms with Gasteiger partial charge in [0.1, 0.15) is 17.1 Å². The van der Waals surface area contributed by atoms with Crippen LogP contribution in [0, 0.1) is 5.82 Å². The van der Waals surface area contributed by atoms with Gasteiger partial charge >= 0.3 is 0 Å². The number of methoxy groups -OCH3 is 1. The maximum absolute atomic E-state index is 13.8. The predicted molar refractivity (Wildman–Crippen MR) is 106 cm³/mol. The van der Waals surface area contributed by atoms with Crippen LogP contribution in [0.5, 0.6) is 5.75 Å². The van der Waals surface area contributed by atoms with E-state index >= 15 is 0 Å². The molecule has 0 radical (unpaired) electrons. The topological polar surface area (TPSA) is 80.6 Å². The van der Waals surface area contributed by atoms with Crippen LogP contribution in [0.3, 0.4) is 0 Å². The van der Waals surface area contributed by atoms with Crippen LogP contribution >= 0.6 is 0 Å². The second-order valence-corrected chi connectivity index (χ2v) is 6.81. The third-order valence-electron chi connectivity index (χ3n) is 5.04. The van der Waals surface area contributed by atoms with Gasteiger partial charge in [0, 0.05) is 62.6 Å². The van der Waals surface area contributed by atoms with E-state index in [4.69, 9.17) is 4.74 Å². The zero-order valence-corrected chi connectivity index (χ0v) is 16.1. The number of rotatable bonds is 3. The van der Waals surface area contributed by atoms with Gasteiger partial charge in [-0.3, -0.25) is 14.6 Å². The molecule has 8 nitrogen and oxygen atoms in total. The minimum atomic E-state index is -0.369. The standard InChI is InChI=1S/C20H20FN5O3/c1-24-19(27)17-16(4-3-5-22-17)18(23-24)20(28)26-8-6-25(7-9-26)14-10-13(21)11-15(12-14)29-2/h3-5,10-12H,6-9H2,1-2H3. The highest BCUT2D eigenvalue weighted by molar-refractivity contribution is 6.03. The monoisotopic (exact) mass is 397 g/mol. The molecule has 1 saturated heterocycles. The minimum Gasteiger partial charge on any atom is -0.497 e. The van der Waals surface area contributed by atoms with Crippen molar-refractivity contribution in [3.63, 3.8) is 0 Å². The van der Waals surface area contributed by atoms with E-state index in [1.165, 1.54) is 32.5 Å². The fraction of sp³-hybridized carbons (Fsp3) is 0.300. The molecule has 0 spiro atoms. The summed E-state index contributed by atoms with van der Waals surface area (Å²) in [7, 11) is 3.00. The number of aryl methyl sites for hydroxylation is 1. The molecule has 1 aliphatic heterocycles. The van der Waals surface area contributed by atoms with Crippen molar-refractivity contribution in [1.29, 1.82) is 0 Å². The second kappa shape index (κ2) is 7.50. The predicted octanol–water partition coefficient (Wildman–Crippen LogP) is 1.44. The van der Waals surface area contributed by atoms with Gasteiger partial charge in [-0.05, 0) is 18.2 Å². The van der Waals surface area contributed by atoms with Gasteiger partial charge in [-0.25, -0.2) is 9.07 Å². The number of amides is 1. The van der Waals surface area contributed by atoms with Crippen molar-refractivity contribution in [2.45, 2.75) is 0 Å². The van der Waals surface area contributed by atoms with Gasteiger partial charge in [-0.1, -0.05) is 0 Å². The van der Waals surface area contributed by atoms with Crippen LogP contribution < -0.4 is 15.2 Å². The molecule has 4 rings (SSSR count). The number of pyridine rings is 1. The first-order valence-electron chi connectivity index (χ1n) is 9.19. The summed E-state index contributed by atoms with van der Waals surface area (Å²) in [5, 5.41) is 4.62. The highest BCUT2D eigenvalue weighted by Crippen LogP contribution is 2.25. The first kappa shape index (κ1) is 18.9. The molecule has 29 heavy (non-hydrogen) atoms. The van der Waals surface area contributed by atoms with Crippen molar-refractivity contribution in [2.75, 3.05) is 38.2 Å². The number of hydrogen-bond acceptors (Lipinski definition) is 6. The number of benzene rings is 1. The van der Waals surface area contributed by atoms with E-state index < -0.39 is 0 Å². The van der Waals surface area contributed by atoms with Gasteiger partial charge in [-0.15, -0.1) is 0 Å². The van der Waals surface area contributed by atoms with Crippen molar-refractivity contribution < 1.29 is 13.9 Å². The average Bonchev–Trinajstić information content (AvgIpc) is 2.75. The molecule has 0 aliphatic carbocycles. The zero-order chi connectivity index (χ0) is 20.5. The number of carbonyl (C=O) groups is 1. The summed E-state index contributed by atoms with van der Waals surface area (Å²) >= 11 is 0. The fourth-order valence-electron chi connectivity index (χ4n) is 3.49. The molecule has 1 amide bonds. The Hall–Kier alpha value is -3.49. The van der Waals surface area contributed by atoms with E-state index in [2.05, 4.69) is 10.1 Å². The molecular formula is C20H20FN5O3. The van der Waals surface area contributed by atoms with Gasteiger partial charge in [0.05, 0.1) is 7.11 Å². The largest absolute Gasteiger partial charge is 0.497 e. The smallest absolute Gasteiger partial charge is 0.292 e. The first-order valence-corrected chi connectivity index (χ1v) is 9.19. The van der Waals surface area contributed by atoms with E-state index in [9.17, 15) is 14.0 Å². The molecule has 1 aromatic carbocycles. The maximum Gasteiger partial charge on any atom is 0.292 e. The lowest BCUT2D eigenvalue weighted by Gasteiger charge is -2.36. The molecule has 150 valence electrons. The molecule has 0 saturated carbocycles. The molecule has 1 aliphatic rings. The average molecular weight is 397 g/mol. The quantitative estimate of drug-likeness (QED) is 0.665. The molecule has 2 aromatic heterocycles. The molecule has 3 heterocycles. The van der Waals surface area contributed by atoms with Crippen LogP contribution in [0.15, 0.2) is 41.3 Å². The van der Waals surface area contributed by atoms with Crippen LogP contribution in [0.2, 0.25) is 0 Å². The Morgan fingerprint density at radius 1 is 1.17 bits per heavy atom. The van der Waals surface area contributed by atoms with Gasteiger partial charge < -0.3 is 14.5 Å². The molecule has 9 heteroatoms. The van der Waals surface area contributed by atoms with Gasteiger partial charge in [0.25, 0.3) is 11.5 Å². The van der Waals surface area contributed by atoms with E-state index in [0.717, 1.165) is 4.68 Å². The van der Waals surface area contributed by atoms with Crippen LogP contribution in [-0.2, 0) is 7.05 Å². The number of anilines is 1. The second-order valence-electron chi connectivity index (χ2n) is 6.81. The third-order valence-corrected chi connectivity index (χ3v) is 5.04. The van der Waals surface area contributed by atoms with Crippen LogP contribution in [0.4, 0.5) is 10.1 Å². The lowest BCUT2D eigenvalue weighted by molar-refractivity contribution is 0.0740. The molecule has 0 atom stereocenters. The van der Waals surface area contributed by atoms with E-state index in [-0.39, 0.29) is 28.5 Å². The normalized spacial score (nSPS) is 14.3.